The van der Waals surface area contributed by atoms with Crippen LogP contribution >= 0.6 is 0 Å². The first kappa shape index (κ1) is 12.4. The Balaban J connectivity index is 2.04. The third-order valence-corrected chi connectivity index (χ3v) is 3.24. The lowest BCUT2D eigenvalue weighted by atomic mass is 10.1. The molecule has 0 radical (unpaired) electrons. The third kappa shape index (κ3) is 2.41. The van der Waals surface area contributed by atoms with Gasteiger partial charge in [0.05, 0.1) is 5.56 Å². The molecule has 0 saturated carbocycles. The molecule has 20 heavy (non-hydrogen) atoms. The number of aryl methyl sites for hydroxylation is 1. The Morgan fingerprint density at radius 1 is 0.750 bits per heavy atom. The fraction of sp³-hybridized carbons (Fsp3) is 0.0556. The molecule has 1 heterocycles. The monoisotopic (exact) mass is 262 g/mol. The van der Waals surface area contributed by atoms with Gasteiger partial charge in [-0.05, 0) is 24.6 Å². The van der Waals surface area contributed by atoms with E-state index >= 15 is 0 Å². The smallest absolute Gasteiger partial charge is 0.344 e. The molecule has 0 saturated heterocycles. The molecule has 2 heteroatoms. The average molecular weight is 262 g/mol. The maximum absolute atomic E-state index is 12.1. The molecule has 0 aliphatic carbocycles. The van der Waals surface area contributed by atoms with Crippen LogP contribution in [0.25, 0.3) is 22.5 Å². The van der Waals surface area contributed by atoms with Crippen LogP contribution in [0.3, 0.4) is 0 Å². The highest BCUT2D eigenvalue weighted by molar-refractivity contribution is 5.65. The molecule has 98 valence electrons. The topological polar surface area (TPSA) is 30.2 Å². The van der Waals surface area contributed by atoms with Gasteiger partial charge in [0.15, 0.2) is 0 Å². The van der Waals surface area contributed by atoms with Gasteiger partial charge in [0.2, 0.25) is 0 Å². The van der Waals surface area contributed by atoms with Gasteiger partial charge in [-0.25, -0.2) is 4.79 Å². The van der Waals surface area contributed by atoms with Crippen LogP contribution in [0.15, 0.2) is 75.9 Å². The van der Waals surface area contributed by atoms with Gasteiger partial charge in [-0.15, -0.1) is 0 Å². The molecule has 0 atom stereocenters. The summed E-state index contributed by atoms with van der Waals surface area (Å²) in [5, 5.41) is 0. The third-order valence-electron chi connectivity index (χ3n) is 3.24. The molecule has 0 aliphatic heterocycles. The molecule has 0 amide bonds. The molecule has 0 unspecified atom stereocenters. The molecule has 0 aliphatic rings. The van der Waals surface area contributed by atoms with Crippen molar-refractivity contribution in [3.05, 3.63) is 82.7 Å². The fourth-order valence-electron chi connectivity index (χ4n) is 2.12. The standard InChI is InChI=1S/C18H14O2/c1-13-7-9-15(10-8-13)17-12-11-16(18(19)20-17)14-5-3-2-4-6-14/h2-12H,1H3. The van der Waals surface area contributed by atoms with Gasteiger partial charge in [0.25, 0.3) is 0 Å². The number of hydrogen-bond acceptors (Lipinski definition) is 2. The van der Waals surface area contributed by atoms with E-state index in [2.05, 4.69) is 0 Å². The summed E-state index contributed by atoms with van der Waals surface area (Å²) >= 11 is 0. The molecular formula is C18H14O2. The van der Waals surface area contributed by atoms with Gasteiger partial charge in [-0.2, -0.15) is 0 Å². The van der Waals surface area contributed by atoms with Crippen molar-refractivity contribution in [3.63, 3.8) is 0 Å². The molecular weight excluding hydrogens is 248 g/mol. The van der Waals surface area contributed by atoms with E-state index < -0.39 is 0 Å². The molecule has 2 aromatic carbocycles. The van der Waals surface area contributed by atoms with Crippen molar-refractivity contribution in [1.29, 1.82) is 0 Å². The van der Waals surface area contributed by atoms with Crippen LogP contribution in [-0.4, -0.2) is 0 Å². The van der Waals surface area contributed by atoms with E-state index in [1.807, 2.05) is 73.7 Å². The Bertz CT molecular complexity index is 769. The Morgan fingerprint density at radius 3 is 2.10 bits per heavy atom. The van der Waals surface area contributed by atoms with Gasteiger partial charge < -0.3 is 4.42 Å². The van der Waals surface area contributed by atoms with Crippen molar-refractivity contribution in [2.75, 3.05) is 0 Å². The highest BCUT2D eigenvalue weighted by atomic mass is 16.4. The summed E-state index contributed by atoms with van der Waals surface area (Å²) in [7, 11) is 0. The van der Waals surface area contributed by atoms with Crippen LogP contribution in [0.5, 0.6) is 0 Å². The lowest BCUT2D eigenvalue weighted by Crippen LogP contribution is -2.02. The second-order valence-electron chi connectivity index (χ2n) is 4.73. The number of benzene rings is 2. The molecule has 3 aromatic rings. The summed E-state index contributed by atoms with van der Waals surface area (Å²) in [5.74, 6) is 0.592. The summed E-state index contributed by atoms with van der Waals surface area (Å²) in [4.78, 5) is 12.1. The average Bonchev–Trinajstić information content (AvgIpc) is 2.49. The highest BCUT2D eigenvalue weighted by Gasteiger charge is 2.07. The maximum Gasteiger partial charge on any atom is 0.344 e. The molecule has 2 nitrogen and oxygen atoms in total. The molecule has 0 spiro atoms. The van der Waals surface area contributed by atoms with E-state index in [0.29, 0.717) is 11.3 Å². The van der Waals surface area contributed by atoms with Gasteiger partial charge in [0, 0.05) is 5.56 Å². The lowest BCUT2D eigenvalue weighted by molar-refractivity contribution is 0.528. The summed E-state index contributed by atoms with van der Waals surface area (Å²) in [6.45, 7) is 2.03. The van der Waals surface area contributed by atoms with E-state index in [0.717, 1.165) is 11.1 Å². The van der Waals surface area contributed by atoms with Gasteiger partial charge in [-0.1, -0.05) is 60.2 Å². The van der Waals surface area contributed by atoms with E-state index in [1.54, 1.807) is 0 Å². The van der Waals surface area contributed by atoms with Crippen molar-refractivity contribution in [3.8, 4) is 22.5 Å². The fourth-order valence-corrected chi connectivity index (χ4v) is 2.12. The minimum Gasteiger partial charge on any atom is -0.422 e. The van der Waals surface area contributed by atoms with Gasteiger partial charge in [-0.3, -0.25) is 0 Å². The van der Waals surface area contributed by atoms with Crippen molar-refractivity contribution >= 4 is 0 Å². The SMILES string of the molecule is Cc1ccc(-c2ccc(-c3ccccc3)c(=O)o2)cc1. The van der Waals surface area contributed by atoms with E-state index in [-0.39, 0.29) is 5.63 Å². The van der Waals surface area contributed by atoms with Crippen LogP contribution < -0.4 is 5.63 Å². The summed E-state index contributed by atoms with van der Waals surface area (Å²) in [5.41, 5.74) is 3.23. The first-order chi connectivity index (χ1) is 9.74. The maximum atomic E-state index is 12.1. The predicted octanol–water partition coefficient (Wildman–Crippen LogP) is 4.28. The zero-order valence-electron chi connectivity index (χ0n) is 11.2. The molecule has 0 bridgehead atoms. The van der Waals surface area contributed by atoms with Crippen LogP contribution in [-0.2, 0) is 0 Å². The highest BCUT2D eigenvalue weighted by Crippen LogP contribution is 2.21. The van der Waals surface area contributed by atoms with E-state index in [1.165, 1.54) is 5.56 Å². The summed E-state index contributed by atoms with van der Waals surface area (Å²) < 4.78 is 5.43. The Hall–Kier alpha value is -2.61. The largest absolute Gasteiger partial charge is 0.422 e. The van der Waals surface area contributed by atoms with E-state index in [9.17, 15) is 4.79 Å². The first-order valence-corrected chi connectivity index (χ1v) is 6.51. The molecule has 1 aromatic heterocycles. The minimum absolute atomic E-state index is 0.311. The molecule has 0 fully saturated rings. The van der Waals surface area contributed by atoms with Crippen LogP contribution in [0.1, 0.15) is 5.56 Å². The predicted molar refractivity (Wildman–Crippen MR) is 80.6 cm³/mol. The van der Waals surface area contributed by atoms with E-state index in [4.69, 9.17) is 4.42 Å². The summed E-state index contributed by atoms with van der Waals surface area (Å²) in [6, 6.07) is 21.1. The second kappa shape index (κ2) is 5.17. The van der Waals surface area contributed by atoms with Crippen molar-refractivity contribution < 1.29 is 4.42 Å². The van der Waals surface area contributed by atoms with Crippen molar-refractivity contribution in [2.24, 2.45) is 0 Å². The van der Waals surface area contributed by atoms with Gasteiger partial charge >= 0.3 is 5.63 Å². The molecule has 3 rings (SSSR count). The number of hydrogen-bond donors (Lipinski definition) is 0. The lowest BCUT2D eigenvalue weighted by Gasteiger charge is -2.03. The van der Waals surface area contributed by atoms with Gasteiger partial charge in [0.1, 0.15) is 5.76 Å². The Morgan fingerprint density at radius 2 is 1.45 bits per heavy atom. The van der Waals surface area contributed by atoms with Crippen molar-refractivity contribution in [1.82, 2.24) is 0 Å². The zero-order valence-corrected chi connectivity index (χ0v) is 11.2. The Kier molecular flexibility index (Phi) is 3.21. The quantitative estimate of drug-likeness (QED) is 0.690. The number of rotatable bonds is 2. The first-order valence-electron chi connectivity index (χ1n) is 6.51. The minimum atomic E-state index is -0.311. The normalized spacial score (nSPS) is 10.4. The molecule has 0 N–H and O–H groups in total. The Labute approximate surface area is 117 Å². The van der Waals surface area contributed by atoms with Crippen LogP contribution in [0.2, 0.25) is 0 Å². The summed E-state index contributed by atoms with van der Waals surface area (Å²) in [6.07, 6.45) is 0. The van der Waals surface area contributed by atoms with Crippen LogP contribution in [0, 0.1) is 6.92 Å². The zero-order chi connectivity index (χ0) is 13.9. The van der Waals surface area contributed by atoms with Crippen LogP contribution in [0.4, 0.5) is 0 Å². The van der Waals surface area contributed by atoms with Crippen molar-refractivity contribution in [2.45, 2.75) is 6.92 Å². The second-order valence-corrected chi connectivity index (χ2v) is 4.73.